The van der Waals surface area contributed by atoms with E-state index < -0.39 is 0 Å². The summed E-state index contributed by atoms with van der Waals surface area (Å²) in [5.74, 6) is -0.210. The van der Waals surface area contributed by atoms with Crippen LogP contribution >= 0.6 is 27.3 Å². The van der Waals surface area contributed by atoms with Gasteiger partial charge in [-0.3, -0.25) is 4.79 Å². The Kier molecular flexibility index (Phi) is 3.98. The molecular formula is C19H13BrFNOS. The Morgan fingerprint density at radius 2 is 1.96 bits per heavy atom. The number of fused-ring (bicyclic) bond motifs is 1. The van der Waals surface area contributed by atoms with E-state index in [-0.39, 0.29) is 17.6 Å². The molecule has 0 fully saturated rings. The summed E-state index contributed by atoms with van der Waals surface area (Å²) in [5.41, 5.74) is 3.83. The van der Waals surface area contributed by atoms with Gasteiger partial charge in [-0.15, -0.1) is 11.3 Å². The van der Waals surface area contributed by atoms with Gasteiger partial charge >= 0.3 is 0 Å². The van der Waals surface area contributed by atoms with Crippen LogP contribution in [0.25, 0.3) is 11.1 Å². The van der Waals surface area contributed by atoms with Gasteiger partial charge in [-0.05, 0) is 35.4 Å². The third-order valence-electron chi connectivity index (χ3n) is 4.20. The van der Waals surface area contributed by atoms with E-state index in [9.17, 15) is 9.18 Å². The molecule has 24 heavy (non-hydrogen) atoms. The maximum absolute atomic E-state index is 13.2. The first kappa shape index (κ1) is 15.5. The second-order valence-electron chi connectivity index (χ2n) is 5.76. The van der Waals surface area contributed by atoms with Crippen molar-refractivity contribution in [2.75, 3.05) is 5.32 Å². The molecule has 5 heteroatoms. The van der Waals surface area contributed by atoms with Crippen LogP contribution in [0.5, 0.6) is 0 Å². The Hall–Kier alpha value is -1.98. The lowest BCUT2D eigenvalue weighted by molar-refractivity contribution is -0.116. The summed E-state index contributed by atoms with van der Waals surface area (Å²) in [4.78, 5) is 13.4. The van der Waals surface area contributed by atoms with E-state index >= 15 is 0 Å². The molecule has 0 saturated heterocycles. The monoisotopic (exact) mass is 401 g/mol. The molecule has 0 saturated carbocycles. The fourth-order valence-electron chi connectivity index (χ4n) is 3.06. The number of benzene rings is 2. The van der Waals surface area contributed by atoms with Crippen molar-refractivity contribution in [1.82, 2.24) is 0 Å². The number of hydrogen-bond donors (Lipinski definition) is 1. The van der Waals surface area contributed by atoms with Gasteiger partial charge in [0.05, 0.1) is 5.69 Å². The summed E-state index contributed by atoms with van der Waals surface area (Å²) in [5, 5.41) is 5.04. The number of anilines is 1. The van der Waals surface area contributed by atoms with Crippen molar-refractivity contribution < 1.29 is 9.18 Å². The molecule has 2 nitrogen and oxygen atoms in total. The van der Waals surface area contributed by atoms with E-state index in [4.69, 9.17) is 0 Å². The average molecular weight is 402 g/mol. The third-order valence-corrected chi connectivity index (χ3v) is 5.79. The number of hydrogen-bond acceptors (Lipinski definition) is 2. The molecule has 1 aliphatic rings. The van der Waals surface area contributed by atoms with Crippen molar-refractivity contribution in [2.24, 2.45) is 0 Å². The maximum Gasteiger partial charge on any atom is 0.225 e. The first-order chi connectivity index (χ1) is 11.6. The number of thiophene rings is 1. The highest BCUT2D eigenvalue weighted by Gasteiger charge is 2.30. The quantitative estimate of drug-likeness (QED) is 0.578. The van der Waals surface area contributed by atoms with Gasteiger partial charge in [0.15, 0.2) is 0 Å². The molecule has 0 bridgehead atoms. The number of rotatable bonds is 2. The fourth-order valence-corrected chi connectivity index (χ4v) is 4.64. The van der Waals surface area contributed by atoms with Crippen LogP contribution in [0.2, 0.25) is 0 Å². The Morgan fingerprint density at radius 3 is 2.71 bits per heavy atom. The number of halogens is 2. The molecule has 2 heterocycles. The van der Waals surface area contributed by atoms with Gasteiger partial charge in [-0.25, -0.2) is 4.39 Å². The van der Waals surface area contributed by atoms with E-state index in [2.05, 4.69) is 33.4 Å². The Morgan fingerprint density at radius 1 is 1.17 bits per heavy atom. The van der Waals surface area contributed by atoms with Crippen molar-refractivity contribution in [3.63, 3.8) is 0 Å². The molecule has 4 rings (SSSR count). The topological polar surface area (TPSA) is 29.1 Å². The summed E-state index contributed by atoms with van der Waals surface area (Å²) in [7, 11) is 0. The highest BCUT2D eigenvalue weighted by atomic mass is 79.9. The molecule has 120 valence electrons. The minimum absolute atomic E-state index is 0.00855. The zero-order valence-corrected chi connectivity index (χ0v) is 15.0. The Bertz CT molecular complexity index is 919. The van der Waals surface area contributed by atoms with E-state index in [1.54, 1.807) is 23.5 Å². The Balaban J connectivity index is 1.81. The lowest BCUT2D eigenvalue weighted by Gasteiger charge is -2.24. The molecule has 2 aromatic carbocycles. The van der Waals surface area contributed by atoms with E-state index in [1.165, 1.54) is 12.1 Å². The molecule has 0 unspecified atom stereocenters. The van der Waals surface area contributed by atoms with Crippen molar-refractivity contribution >= 4 is 38.9 Å². The summed E-state index contributed by atoms with van der Waals surface area (Å²) in [6.07, 6.45) is 0.437. The standard InChI is InChI=1S/C19H13BrFNOS/c20-13-3-1-2-12(8-13)15-9-17(23)22-18-16(10-24-19(15)18)11-4-6-14(21)7-5-11/h1-8,10,15H,9H2,(H,22,23)/t15-/m1/s1. The minimum Gasteiger partial charge on any atom is -0.325 e. The lowest BCUT2D eigenvalue weighted by atomic mass is 9.89. The summed E-state index contributed by atoms with van der Waals surface area (Å²) >= 11 is 5.14. The number of carbonyl (C=O) groups excluding carboxylic acids is 1. The predicted molar refractivity (Wildman–Crippen MR) is 98.9 cm³/mol. The van der Waals surface area contributed by atoms with Crippen LogP contribution in [0.4, 0.5) is 10.1 Å². The smallest absolute Gasteiger partial charge is 0.225 e. The largest absolute Gasteiger partial charge is 0.325 e. The van der Waals surface area contributed by atoms with Crippen molar-refractivity contribution in [3.8, 4) is 11.1 Å². The normalized spacial score (nSPS) is 16.6. The van der Waals surface area contributed by atoms with Crippen LogP contribution in [0.15, 0.2) is 58.4 Å². The number of nitrogens with one attached hydrogen (secondary N) is 1. The minimum atomic E-state index is -0.265. The molecule has 3 aromatic rings. The van der Waals surface area contributed by atoms with Crippen molar-refractivity contribution in [1.29, 1.82) is 0 Å². The lowest BCUT2D eigenvalue weighted by Crippen LogP contribution is -2.22. The SMILES string of the molecule is O=C1C[C@H](c2cccc(Br)c2)c2scc(-c3ccc(F)cc3)c2N1. The second kappa shape index (κ2) is 6.15. The maximum atomic E-state index is 13.2. The first-order valence-electron chi connectivity index (χ1n) is 7.54. The van der Waals surface area contributed by atoms with Crippen LogP contribution in [-0.2, 0) is 4.79 Å². The van der Waals surface area contributed by atoms with Gasteiger partial charge in [-0.2, -0.15) is 0 Å². The molecular weight excluding hydrogens is 389 g/mol. The van der Waals surface area contributed by atoms with Gasteiger partial charge in [-0.1, -0.05) is 40.2 Å². The highest BCUT2D eigenvalue weighted by molar-refractivity contribution is 9.10. The van der Waals surface area contributed by atoms with Crippen LogP contribution in [-0.4, -0.2) is 5.91 Å². The first-order valence-corrected chi connectivity index (χ1v) is 9.22. The van der Waals surface area contributed by atoms with E-state index in [0.717, 1.165) is 31.7 Å². The summed E-state index contributed by atoms with van der Waals surface area (Å²) < 4.78 is 14.2. The third kappa shape index (κ3) is 2.78. The van der Waals surface area contributed by atoms with Crippen LogP contribution in [0, 0.1) is 5.82 Å². The highest BCUT2D eigenvalue weighted by Crippen LogP contribution is 2.46. The van der Waals surface area contributed by atoms with Crippen molar-refractivity contribution in [2.45, 2.75) is 12.3 Å². The molecule has 1 aromatic heterocycles. The van der Waals surface area contributed by atoms with Crippen LogP contribution in [0.3, 0.4) is 0 Å². The van der Waals surface area contributed by atoms with Gasteiger partial charge in [0.25, 0.3) is 0 Å². The zero-order valence-electron chi connectivity index (χ0n) is 12.6. The number of carbonyl (C=O) groups is 1. The van der Waals surface area contributed by atoms with Crippen molar-refractivity contribution in [3.05, 3.63) is 74.6 Å². The summed E-state index contributed by atoms with van der Waals surface area (Å²) in [6, 6.07) is 14.4. The summed E-state index contributed by atoms with van der Waals surface area (Å²) in [6.45, 7) is 0. The molecule has 1 atom stereocenters. The zero-order chi connectivity index (χ0) is 16.7. The molecule has 0 radical (unpaired) electrons. The Labute approximate surface area is 151 Å². The van der Waals surface area contributed by atoms with Crippen LogP contribution in [0.1, 0.15) is 22.8 Å². The van der Waals surface area contributed by atoms with E-state index in [0.29, 0.717) is 6.42 Å². The molecule has 1 N–H and O–H groups in total. The molecule has 1 aliphatic heterocycles. The van der Waals surface area contributed by atoms with Gasteiger partial charge in [0, 0.05) is 32.6 Å². The van der Waals surface area contributed by atoms with Gasteiger partial charge in [0.2, 0.25) is 5.91 Å². The molecule has 0 spiro atoms. The fraction of sp³-hybridized carbons (Fsp3) is 0.105. The second-order valence-corrected chi connectivity index (χ2v) is 7.58. The molecule has 0 aliphatic carbocycles. The average Bonchev–Trinajstić information content (AvgIpc) is 2.98. The predicted octanol–water partition coefficient (Wildman–Crippen LogP) is 5.79. The molecule has 1 amide bonds. The van der Waals surface area contributed by atoms with Gasteiger partial charge < -0.3 is 5.32 Å². The number of amides is 1. The van der Waals surface area contributed by atoms with Crippen LogP contribution < -0.4 is 5.32 Å². The van der Waals surface area contributed by atoms with Gasteiger partial charge in [0.1, 0.15) is 5.82 Å². The van der Waals surface area contributed by atoms with E-state index in [1.807, 2.05) is 17.5 Å².